The number of amidine groups is 2. The van der Waals surface area contributed by atoms with Crippen LogP contribution in [-0.2, 0) is 4.79 Å². The first-order valence-corrected chi connectivity index (χ1v) is 9.63. The Bertz CT molecular complexity index is 1000. The van der Waals surface area contributed by atoms with Gasteiger partial charge in [0.1, 0.15) is 29.2 Å². The molecule has 0 bridgehead atoms. The van der Waals surface area contributed by atoms with Gasteiger partial charge in [0.15, 0.2) is 0 Å². The number of hydrogen-bond donors (Lipinski definition) is 6. The second-order valence-corrected chi connectivity index (χ2v) is 6.60. The monoisotopic (exact) mass is 440 g/mol. The van der Waals surface area contributed by atoms with E-state index in [1.807, 2.05) is 0 Å². The Labute approximate surface area is 185 Å². The van der Waals surface area contributed by atoms with Gasteiger partial charge in [-0.25, -0.2) is 10.1 Å². The van der Waals surface area contributed by atoms with Crippen LogP contribution in [0.2, 0.25) is 0 Å². The number of aliphatic hydroxyl groups is 1. The molecule has 0 aliphatic heterocycles. The lowest BCUT2D eigenvalue weighted by Crippen LogP contribution is -2.49. The fourth-order valence-electron chi connectivity index (χ4n) is 2.49. The summed E-state index contributed by atoms with van der Waals surface area (Å²) in [6, 6.07) is 11.1. The minimum absolute atomic E-state index is 0.0416. The second-order valence-electron chi connectivity index (χ2n) is 6.60. The summed E-state index contributed by atoms with van der Waals surface area (Å²) in [6.45, 7) is 1.48. The molecule has 2 aromatic rings. The first kappa shape index (κ1) is 24.1. The van der Waals surface area contributed by atoms with Crippen LogP contribution in [0.1, 0.15) is 22.8 Å². The van der Waals surface area contributed by atoms with E-state index >= 15 is 0 Å². The molecule has 32 heavy (non-hydrogen) atoms. The van der Waals surface area contributed by atoms with Gasteiger partial charge in [-0.15, -0.1) is 0 Å². The molecular weight excluding hydrogens is 414 g/mol. The largest absolute Gasteiger partial charge is 0.488 e. The molecule has 0 heterocycles. The van der Waals surface area contributed by atoms with Crippen LogP contribution in [0.3, 0.4) is 0 Å². The minimum atomic E-state index is -0.494. The van der Waals surface area contributed by atoms with E-state index in [1.54, 1.807) is 50.5 Å². The number of ether oxygens (including phenoxy) is 2. The molecule has 0 aliphatic rings. The fraction of sp³-hybridized carbons (Fsp3) is 0.182. The van der Waals surface area contributed by atoms with Crippen LogP contribution < -0.4 is 30.8 Å². The van der Waals surface area contributed by atoms with Gasteiger partial charge in [0, 0.05) is 31.0 Å². The molecule has 7 N–H and O–H groups in total. The number of amides is 2. The van der Waals surface area contributed by atoms with E-state index in [0.717, 1.165) is 0 Å². The van der Waals surface area contributed by atoms with Crippen molar-refractivity contribution in [2.45, 2.75) is 13.0 Å². The number of nitrogens with two attached hydrogens (primary N) is 1. The normalized spacial score (nSPS) is 11.3. The average molecular weight is 440 g/mol. The fourth-order valence-corrected chi connectivity index (χ4v) is 2.49. The van der Waals surface area contributed by atoms with E-state index in [0.29, 0.717) is 29.2 Å². The molecule has 0 spiro atoms. The summed E-state index contributed by atoms with van der Waals surface area (Å²) in [5.74, 6) is 0.709. The second kappa shape index (κ2) is 11.9. The number of carbonyl (C=O) groups excluding carboxylic acids is 2. The van der Waals surface area contributed by atoms with Crippen LogP contribution in [0.15, 0.2) is 54.7 Å². The lowest BCUT2D eigenvalue weighted by Gasteiger charge is -2.14. The summed E-state index contributed by atoms with van der Waals surface area (Å²) < 4.78 is 11.5. The van der Waals surface area contributed by atoms with Crippen molar-refractivity contribution in [2.75, 3.05) is 13.7 Å². The number of rotatable bonds is 10. The van der Waals surface area contributed by atoms with Gasteiger partial charge in [-0.3, -0.25) is 15.6 Å². The predicted octanol–water partition coefficient (Wildman–Crippen LogP) is -0.0696. The van der Waals surface area contributed by atoms with E-state index in [1.165, 1.54) is 18.2 Å². The highest BCUT2D eigenvalue weighted by atomic mass is 16.5. The van der Waals surface area contributed by atoms with Gasteiger partial charge >= 0.3 is 5.91 Å². The molecule has 2 aromatic carbocycles. The van der Waals surface area contributed by atoms with Crippen LogP contribution in [0.5, 0.6) is 17.2 Å². The molecule has 168 valence electrons. The molecule has 0 aliphatic carbocycles. The molecule has 1 atom stereocenters. The lowest BCUT2D eigenvalue weighted by atomic mass is 10.1. The van der Waals surface area contributed by atoms with Crippen molar-refractivity contribution in [1.82, 2.24) is 16.0 Å². The zero-order chi connectivity index (χ0) is 23.5. The Kier molecular flexibility index (Phi) is 8.93. The van der Waals surface area contributed by atoms with Gasteiger partial charge in [0.05, 0.1) is 12.2 Å². The van der Waals surface area contributed by atoms with Crippen molar-refractivity contribution in [2.24, 2.45) is 0 Å². The van der Waals surface area contributed by atoms with Crippen molar-refractivity contribution in [1.29, 1.82) is 5.41 Å². The summed E-state index contributed by atoms with van der Waals surface area (Å²) in [7, 11) is 1.70. The molecular formula is C22H26N5O5+. The molecule has 0 unspecified atom stereocenters. The summed E-state index contributed by atoms with van der Waals surface area (Å²) >= 11 is 0. The molecule has 2 amide bonds. The first-order chi connectivity index (χ1) is 15.4. The Balaban J connectivity index is 2.27. The zero-order valence-electron chi connectivity index (χ0n) is 17.7. The zero-order valence-corrected chi connectivity index (χ0v) is 17.7. The van der Waals surface area contributed by atoms with E-state index in [4.69, 9.17) is 20.3 Å². The molecule has 0 saturated carbocycles. The van der Waals surface area contributed by atoms with Gasteiger partial charge in [-0.1, -0.05) is 0 Å². The molecule has 10 heteroatoms. The maximum atomic E-state index is 12.6. The van der Waals surface area contributed by atoms with E-state index < -0.39 is 12.0 Å². The predicted molar refractivity (Wildman–Crippen MR) is 119 cm³/mol. The van der Waals surface area contributed by atoms with Crippen molar-refractivity contribution in [3.63, 3.8) is 0 Å². The molecule has 10 nitrogen and oxygen atoms in total. The van der Waals surface area contributed by atoms with Crippen molar-refractivity contribution < 1.29 is 29.6 Å². The summed E-state index contributed by atoms with van der Waals surface area (Å²) in [4.78, 5) is 23.1. The van der Waals surface area contributed by atoms with Gasteiger partial charge < -0.3 is 25.2 Å². The number of aliphatic hydroxyl groups excluding tert-OH is 1. The SMILES string of the molecule is CN/C=C\C(=[NH2+])NC(=O)c1cc(Oc2ccc(C(=N)NC=O)cc2)cc(O[C@@H](C)CO)c1. The third-order valence-corrected chi connectivity index (χ3v) is 4.01. The van der Waals surface area contributed by atoms with Crippen LogP contribution in [0, 0.1) is 5.41 Å². The van der Waals surface area contributed by atoms with Crippen LogP contribution in [-0.4, -0.2) is 48.9 Å². The quantitative estimate of drug-likeness (QED) is 0.172. The molecule has 0 radical (unpaired) electrons. The number of carbonyl (C=O) groups is 2. The van der Waals surface area contributed by atoms with Gasteiger partial charge in [-0.2, -0.15) is 0 Å². The van der Waals surface area contributed by atoms with Crippen molar-refractivity contribution in [3.8, 4) is 17.2 Å². The summed E-state index contributed by atoms with van der Waals surface area (Å²) in [6.07, 6.45) is 3.01. The van der Waals surface area contributed by atoms with Crippen LogP contribution in [0.25, 0.3) is 0 Å². The van der Waals surface area contributed by atoms with Gasteiger partial charge in [0.25, 0.3) is 5.84 Å². The number of hydrogen-bond acceptors (Lipinski definition) is 7. The van der Waals surface area contributed by atoms with Crippen LogP contribution >= 0.6 is 0 Å². The highest BCUT2D eigenvalue weighted by Crippen LogP contribution is 2.28. The maximum absolute atomic E-state index is 12.6. The minimum Gasteiger partial charge on any atom is -0.488 e. The van der Waals surface area contributed by atoms with Crippen LogP contribution in [0.4, 0.5) is 0 Å². The highest BCUT2D eigenvalue weighted by Gasteiger charge is 2.17. The average Bonchev–Trinajstić information content (AvgIpc) is 2.78. The Morgan fingerprint density at radius 1 is 1.16 bits per heavy atom. The standard InChI is InChI=1S/C22H25N5O5/c1-14(12-28)31-18-9-16(22(30)27-20(23)7-8-25-2)10-19(11-18)32-17-5-3-15(4-6-17)21(24)26-13-29/h3-11,13-14,25,28H,12H2,1-2H3,(H2,23,27,30)(H2,24,26,29)/p+1/b8-7-/t14-/m0/s1. The van der Waals surface area contributed by atoms with Gasteiger partial charge in [-0.05, 0) is 43.3 Å². The maximum Gasteiger partial charge on any atom is 0.339 e. The summed E-state index contributed by atoms with van der Waals surface area (Å²) in [5, 5.41) is 30.4. The Morgan fingerprint density at radius 3 is 2.47 bits per heavy atom. The first-order valence-electron chi connectivity index (χ1n) is 9.63. The smallest absolute Gasteiger partial charge is 0.339 e. The van der Waals surface area contributed by atoms with E-state index in [2.05, 4.69) is 16.0 Å². The number of benzene rings is 2. The molecule has 2 rings (SSSR count). The third-order valence-electron chi connectivity index (χ3n) is 4.01. The molecule has 0 fully saturated rings. The third kappa shape index (κ3) is 7.26. The lowest BCUT2D eigenvalue weighted by molar-refractivity contribution is -0.115. The molecule has 0 aromatic heterocycles. The Hall–Kier alpha value is -4.18. The topological polar surface area (TPSA) is 158 Å². The Morgan fingerprint density at radius 2 is 1.84 bits per heavy atom. The molecule has 0 saturated heterocycles. The van der Waals surface area contributed by atoms with E-state index in [9.17, 15) is 14.7 Å². The van der Waals surface area contributed by atoms with Crippen molar-refractivity contribution >= 4 is 24.0 Å². The number of nitrogens with one attached hydrogen (secondary N) is 4. The summed E-state index contributed by atoms with van der Waals surface area (Å²) in [5.41, 5.74) is 0.732. The van der Waals surface area contributed by atoms with Crippen molar-refractivity contribution in [3.05, 3.63) is 65.9 Å². The highest BCUT2D eigenvalue weighted by molar-refractivity contribution is 6.08. The van der Waals surface area contributed by atoms with E-state index in [-0.39, 0.29) is 23.8 Å². The van der Waals surface area contributed by atoms with Gasteiger partial charge in [0.2, 0.25) is 6.41 Å².